The molecule has 0 amide bonds. The lowest BCUT2D eigenvalue weighted by molar-refractivity contribution is 0.726. The van der Waals surface area contributed by atoms with Crippen LogP contribution in [0.3, 0.4) is 0 Å². The van der Waals surface area contributed by atoms with E-state index in [1.807, 2.05) is 7.05 Å². The van der Waals surface area contributed by atoms with E-state index >= 15 is 0 Å². The van der Waals surface area contributed by atoms with Crippen LogP contribution in [0.1, 0.15) is 18.4 Å². The summed E-state index contributed by atoms with van der Waals surface area (Å²) in [6.45, 7) is 3.85. The van der Waals surface area contributed by atoms with Gasteiger partial charge in [0.15, 0.2) is 5.96 Å². The number of aliphatic imine (C=N–C) groups is 1. The third-order valence-corrected chi connectivity index (χ3v) is 5.72. The van der Waals surface area contributed by atoms with Crippen LogP contribution in [-0.2, 0) is 6.54 Å². The molecular weight excluding hydrogens is 431 g/mol. The Morgan fingerprint density at radius 2 is 1.96 bits per heavy atom. The minimum Gasteiger partial charge on any atom is -0.364 e. The largest absolute Gasteiger partial charge is 0.364 e. The lowest BCUT2D eigenvalue weighted by Crippen LogP contribution is -2.39. The van der Waals surface area contributed by atoms with E-state index < -0.39 is 0 Å². The number of anilines is 1. The monoisotopic (exact) mass is 458 g/mol. The first-order chi connectivity index (χ1) is 11.3. The first-order valence-electron chi connectivity index (χ1n) is 8.40. The summed E-state index contributed by atoms with van der Waals surface area (Å²) in [5.74, 6) is 2.20. The van der Waals surface area contributed by atoms with Crippen LogP contribution in [0.15, 0.2) is 41.4 Å². The highest BCUT2D eigenvalue weighted by Gasteiger charge is 2.15. The van der Waals surface area contributed by atoms with E-state index in [1.165, 1.54) is 29.8 Å². The van der Waals surface area contributed by atoms with E-state index in [0.29, 0.717) is 0 Å². The molecule has 0 radical (unpaired) electrons. The molecule has 1 fully saturated rings. The van der Waals surface area contributed by atoms with Gasteiger partial charge in [0.25, 0.3) is 0 Å². The van der Waals surface area contributed by atoms with Crippen LogP contribution < -0.4 is 15.5 Å². The topological polar surface area (TPSA) is 39.7 Å². The smallest absolute Gasteiger partial charge is 0.191 e. The van der Waals surface area contributed by atoms with Gasteiger partial charge in [-0.1, -0.05) is 24.3 Å². The standard InChI is InChI=1S/C18H26N4S.HI/c1-19-18(21-14-17-5-4-12-23-17)20-13-15-6-8-16(9-7-15)22-10-2-3-11-22;/h2-3,6-9,17H,4-5,10-14H2,1H3,(H2,19,20,21);1H. The molecule has 0 spiro atoms. The van der Waals surface area contributed by atoms with E-state index in [9.17, 15) is 0 Å². The summed E-state index contributed by atoms with van der Waals surface area (Å²) in [4.78, 5) is 6.67. The molecule has 0 aromatic heterocycles. The van der Waals surface area contributed by atoms with Crippen LogP contribution in [0.2, 0.25) is 0 Å². The Morgan fingerprint density at radius 3 is 2.58 bits per heavy atom. The van der Waals surface area contributed by atoms with Crippen LogP contribution in [0, 0.1) is 0 Å². The minimum atomic E-state index is 0. The van der Waals surface area contributed by atoms with Crippen LogP contribution in [-0.4, -0.2) is 43.6 Å². The number of rotatable bonds is 5. The molecular formula is C18H27IN4S. The van der Waals surface area contributed by atoms with Crippen molar-refractivity contribution in [3.05, 3.63) is 42.0 Å². The van der Waals surface area contributed by atoms with Crippen LogP contribution in [0.25, 0.3) is 0 Å². The molecule has 2 aliphatic heterocycles. The highest BCUT2D eigenvalue weighted by Crippen LogP contribution is 2.25. The Morgan fingerprint density at radius 1 is 1.21 bits per heavy atom. The predicted molar refractivity (Wildman–Crippen MR) is 117 cm³/mol. The third-order valence-electron chi connectivity index (χ3n) is 4.32. The molecule has 2 aliphatic rings. The van der Waals surface area contributed by atoms with Gasteiger partial charge in [-0.3, -0.25) is 4.99 Å². The minimum absolute atomic E-state index is 0. The van der Waals surface area contributed by atoms with Gasteiger partial charge >= 0.3 is 0 Å². The van der Waals surface area contributed by atoms with Crippen molar-refractivity contribution in [1.29, 1.82) is 0 Å². The molecule has 0 bridgehead atoms. The van der Waals surface area contributed by atoms with Crippen LogP contribution >= 0.6 is 35.7 Å². The fourth-order valence-corrected chi connectivity index (χ4v) is 4.14. The average Bonchev–Trinajstić information content (AvgIpc) is 3.29. The second-order valence-corrected chi connectivity index (χ2v) is 7.39. The van der Waals surface area contributed by atoms with Crippen molar-refractivity contribution in [3.63, 3.8) is 0 Å². The molecule has 0 aliphatic carbocycles. The van der Waals surface area contributed by atoms with Gasteiger partial charge in [0.1, 0.15) is 0 Å². The van der Waals surface area contributed by atoms with Gasteiger partial charge in [-0.15, -0.1) is 24.0 Å². The molecule has 3 rings (SSSR count). The van der Waals surface area contributed by atoms with E-state index in [0.717, 1.165) is 37.4 Å². The first-order valence-corrected chi connectivity index (χ1v) is 9.45. The Balaban J connectivity index is 0.00000208. The van der Waals surface area contributed by atoms with E-state index in [2.05, 4.69) is 68.7 Å². The van der Waals surface area contributed by atoms with Gasteiger partial charge in [-0.05, 0) is 36.3 Å². The number of nitrogens with one attached hydrogen (secondary N) is 2. The van der Waals surface area contributed by atoms with Gasteiger partial charge < -0.3 is 15.5 Å². The summed E-state index contributed by atoms with van der Waals surface area (Å²) >= 11 is 2.07. The highest BCUT2D eigenvalue weighted by molar-refractivity contribution is 14.0. The summed E-state index contributed by atoms with van der Waals surface area (Å²) in [6.07, 6.45) is 7.10. The number of nitrogens with zero attached hydrogens (tertiary/aromatic N) is 2. The SMILES string of the molecule is CN=C(NCc1ccc(N2CC=CC2)cc1)NCC1CCCS1.I. The van der Waals surface area contributed by atoms with Crippen molar-refractivity contribution in [1.82, 2.24) is 10.6 Å². The summed E-state index contributed by atoms with van der Waals surface area (Å²) in [6, 6.07) is 8.80. The highest BCUT2D eigenvalue weighted by atomic mass is 127. The van der Waals surface area contributed by atoms with Crippen LogP contribution in [0.4, 0.5) is 5.69 Å². The molecule has 1 aromatic carbocycles. The molecule has 6 heteroatoms. The molecule has 1 aromatic rings. The second-order valence-electron chi connectivity index (χ2n) is 5.98. The summed E-state index contributed by atoms with van der Waals surface area (Å²) in [5.41, 5.74) is 2.57. The maximum Gasteiger partial charge on any atom is 0.191 e. The Bertz CT molecular complexity index is 545. The number of guanidine groups is 1. The Hall–Kier alpha value is -0.890. The molecule has 2 N–H and O–H groups in total. The van der Waals surface area contributed by atoms with Crippen molar-refractivity contribution in [3.8, 4) is 0 Å². The quantitative estimate of drug-likeness (QED) is 0.308. The fraction of sp³-hybridized carbons (Fsp3) is 0.500. The molecule has 0 saturated carbocycles. The maximum absolute atomic E-state index is 4.31. The summed E-state index contributed by atoms with van der Waals surface area (Å²) < 4.78 is 0. The zero-order valence-corrected chi connectivity index (χ0v) is 17.3. The number of benzene rings is 1. The van der Waals surface area contributed by atoms with Gasteiger partial charge in [-0.25, -0.2) is 0 Å². The Kier molecular flexibility index (Phi) is 8.24. The van der Waals surface area contributed by atoms with Gasteiger partial charge in [0.2, 0.25) is 0 Å². The van der Waals surface area contributed by atoms with Crippen molar-refractivity contribution < 1.29 is 0 Å². The van der Waals surface area contributed by atoms with Crippen molar-refractivity contribution >= 4 is 47.4 Å². The summed E-state index contributed by atoms with van der Waals surface area (Å²) in [7, 11) is 1.83. The number of halogens is 1. The predicted octanol–water partition coefficient (Wildman–Crippen LogP) is 3.24. The Labute approximate surface area is 166 Å². The molecule has 2 heterocycles. The van der Waals surface area contributed by atoms with Crippen molar-refractivity contribution in [2.75, 3.05) is 37.3 Å². The number of hydrogen-bond donors (Lipinski definition) is 2. The number of hydrogen-bond acceptors (Lipinski definition) is 3. The molecule has 1 saturated heterocycles. The number of thioether (sulfide) groups is 1. The van der Waals surface area contributed by atoms with E-state index in [-0.39, 0.29) is 24.0 Å². The lowest BCUT2D eigenvalue weighted by atomic mass is 10.2. The average molecular weight is 458 g/mol. The van der Waals surface area contributed by atoms with Crippen LogP contribution in [0.5, 0.6) is 0 Å². The molecule has 24 heavy (non-hydrogen) atoms. The molecule has 1 unspecified atom stereocenters. The van der Waals surface area contributed by atoms with Gasteiger partial charge in [-0.2, -0.15) is 11.8 Å². The molecule has 4 nitrogen and oxygen atoms in total. The van der Waals surface area contributed by atoms with Gasteiger partial charge in [0.05, 0.1) is 0 Å². The van der Waals surface area contributed by atoms with Crippen molar-refractivity contribution in [2.24, 2.45) is 4.99 Å². The van der Waals surface area contributed by atoms with E-state index in [4.69, 9.17) is 0 Å². The maximum atomic E-state index is 4.31. The van der Waals surface area contributed by atoms with E-state index in [1.54, 1.807) is 0 Å². The van der Waals surface area contributed by atoms with Crippen molar-refractivity contribution in [2.45, 2.75) is 24.6 Å². The lowest BCUT2D eigenvalue weighted by Gasteiger charge is -2.18. The molecule has 132 valence electrons. The fourth-order valence-electron chi connectivity index (χ4n) is 2.94. The zero-order chi connectivity index (χ0) is 15.9. The molecule has 1 atom stereocenters. The van der Waals surface area contributed by atoms with Gasteiger partial charge in [0, 0.05) is 44.2 Å². The first kappa shape index (κ1) is 19.4. The zero-order valence-electron chi connectivity index (χ0n) is 14.2. The third kappa shape index (κ3) is 5.58. The summed E-state index contributed by atoms with van der Waals surface area (Å²) in [5, 5.41) is 7.58. The normalized spacial score (nSPS) is 20.1. The second kappa shape index (κ2) is 10.2.